The van der Waals surface area contributed by atoms with E-state index >= 15 is 0 Å². The van der Waals surface area contributed by atoms with E-state index in [0.29, 0.717) is 6.54 Å². The van der Waals surface area contributed by atoms with Crippen molar-refractivity contribution in [2.45, 2.75) is 19.9 Å². The van der Waals surface area contributed by atoms with Crippen LogP contribution in [0.2, 0.25) is 0 Å². The number of thiazole rings is 1. The number of piperazine rings is 1. The summed E-state index contributed by atoms with van der Waals surface area (Å²) in [7, 11) is 4.08. The number of amides is 1. The molecule has 6 nitrogen and oxygen atoms in total. The lowest BCUT2D eigenvalue weighted by molar-refractivity contribution is 0.0532. The molecule has 1 saturated heterocycles. The van der Waals surface area contributed by atoms with E-state index in [2.05, 4.69) is 21.9 Å². The zero-order chi connectivity index (χ0) is 15.9. The van der Waals surface area contributed by atoms with Gasteiger partial charge in [-0.05, 0) is 20.9 Å². The maximum Gasteiger partial charge on any atom is 0.265 e. The van der Waals surface area contributed by atoms with Gasteiger partial charge in [0, 0.05) is 39.1 Å². The molecular weight excluding hydrogens is 298 g/mol. The molecule has 1 fully saturated rings. The number of imidazole rings is 1. The molecule has 0 spiro atoms. The predicted molar refractivity (Wildman–Crippen MR) is 86.1 cm³/mol. The van der Waals surface area contributed by atoms with Crippen LogP contribution in [-0.4, -0.2) is 56.9 Å². The van der Waals surface area contributed by atoms with Crippen molar-refractivity contribution in [1.82, 2.24) is 24.3 Å². The molecule has 0 saturated carbocycles. The Bertz CT molecular complexity index is 692. The van der Waals surface area contributed by atoms with Crippen LogP contribution >= 0.6 is 11.3 Å². The van der Waals surface area contributed by atoms with E-state index < -0.39 is 0 Å². The largest absolute Gasteiger partial charge is 0.337 e. The van der Waals surface area contributed by atoms with Crippen LogP contribution in [0.3, 0.4) is 0 Å². The van der Waals surface area contributed by atoms with Crippen LogP contribution in [-0.2, 0) is 7.05 Å². The first-order chi connectivity index (χ1) is 10.5. The monoisotopic (exact) mass is 319 g/mol. The van der Waals surface area contributed by atoms with E-state index in [1.54, 1.807) is 6.20 Å². The fraction of sp³-hybridized carbons (Fsp3) is 0.533. The second kappa shape index (κ2) is 5.81. The van der Waals surface area contributed by atoms with Gasteiger partial charge in [0.25, 0.3) is 5.91 Å². The first-order valence-corrected chi connectivity index (χ1v) is 8.19. The molecule has 22 heavy (non-hydrogen) atoms. The Morgan fingerprint density at radius 3 is 2.68 bits per heavy atom. The molecule has 2 aromatic heterocycles. The fourth-order valence-electron chi connectivity index (χ4n) is 2.91. The number of carbonyl (C=O) groups excluding carboxylic acids is 1. The van der Waals surface area contributed by atoms with Crippen molar-refractivity contribution in [3.05, 3.63) is 33.8 Å². The summed E-state index contributed by atoms with van der Waals surface area (Å²) in [5.41, 5.74) is 0.833. The highest BCUT2D eigenvalue weighted by atomic mass is 32.1. The minimum Gasteiger partial charge on any atom is -0.337 e. The lowest BCUT2D eigenvalue weighted by Gasteiger charge is -2.38. The van der Waals surface area contributed by atoms with Gasteiger partial charge in [-0.3, -0.25) is 9.69 Å². The molecule has 1 unspecified atom stereocenters. The van der Waals surface area contributed by atoms with Crippen LogP contribution in [0, 0.1) is 13.8 Å². The van der Waals surface area contributed by atoms with Crippen LogP contribution in [0.4, 0.5) is 0 Å². The average molecular weight is 319 g/mol. The highest BCUT2D eigenvalue weighted by Gasteiger charge is 2.32. The molecule has 7 heteroatoms. The van der Waals surface area contributed by atoms with E-state index in [4.69, 9.17) is 0 Å². The molecule has 0 aliphatic carbocycles. The summed E-state index contributed by atoms with van der Waals surface area (Å²) < 4.78 is 2.03. The van der Waals surface area contributed by atoms with E-state index in [1.165, 1.54) is 11.3 Å². The molecule has 3 heterocycles. The molecule has 0 bridgehead atoms. The number of hydrogen-bond acceptors (Lipinski definition) is 5. The fourth-order valence-corrected chi connectivity index (χ4v) is 3.80. The molecule has 1 aliphatic heterocycles. The van der Waals surface area contributed by atoms with Gasteiger partial charge in [-0.2, -0.15) is 0 Å². The van der Waals surface area contributed by atoms with E-state index in [0.717, 1.165) is 34.5 Å². The maximum atomic E-state index is 12.8. The van der Waals surface area contributed by atoms with E-state index in [9.17, 15) is 4.79 Å². The summed E-state index contributed by atoms with van der Waals surface area (Å²) in [5, 5.41) is 0.940. The highest BCUT2D eigenvalue weighted by Crippen LogP contribution is 2.26. The minimum absolute atomic E-state index is 0.0930. The number of hydrogen-bond donors (Lipinski definition) is 0. The van der Waals surface area contributed by atoms with Gasteiger partial charge in [0.15, 0.2) is 0 Å². The molecule has 0 aromatic carbocycles. The molecule has 3 rings (SSSR count). The van der Waals surface area contributed by atoms with Crippen molar-refractivity contribution in [2.24, 2.45) is 7.05 Å². The zero-order valence-corrected chi connectivity index (χ0v) is 14.2. The Kier molecular flexibility index (Phi) is 4.01. The lowest BCUT2D eigenvalue weighted by atomic mass is 10.1. The van der Waals surface area contributed by atoms with Gasteiger partial charge in [0.1, 0.15) is 10.7 Å². The molecule has 1 amide bonds. The molecule has 1 aliphatic rings. The predicted octanol–water partition coefficient (Wildman–Crippen LogP) is 1.62. The number of carbonyl (C=O) groups is 1. The topological polar surface area (TPSA) is 54.3 Å². The summed E-state index contributed by atoms with van der Waals surface area (Å²) in [5.74, 6) is 1.09. The van der Waals surface area contributed by atoms with Crippen molar-refractivity contribution in [1.29, 1.82) is 0 Å². The van der Waals surface area contributed by atoms with Gasteiger partial charge in [0.05, 0.1) is 16.7 Å². The quantitative estimate of drug-likeness (QED) is 0.844. The molecule has 0 radical (unpaired) electrons. The van der Waals surface area contributed by atoms with Gasteiger partial charge >= 0.3 is 0 Å². The van der Waals surface area contributed by atoms with Crippen LogP contribution in [0.25, 0.3) is 0 Å². The molecule has 0 N–H and O–H groups in total. The Balaban J connectivity index is 1.83. The summed E-state index contributed by atoms with van der Waals surface area (Å²) in [4.78, 5) is 26.6. The smallest absolute Gasteiger partial charge is 0.265 e. The second-order valence-corrected chi connectivity index (χ2v) is 6.99. The van der Waals surface area contributed by atoms with Crippen molar-refractivity contribution >= 4 is 17.2 Å². The normalized spacial score (nSPS) is 19.6. The standard InChI is InChI=1S/C15H21N5OS/c1-10-13(22-11(2)17-10)15(21)20-8-7-18(3)12(9-20)14-16-5-6-19(14)4/h5-6,12H,7-9H2,1-4H3. The number of aryl methyl sites for hydroxylation is 3. The van der Waals surface area contributed by atoms with Crippen molar-refractivity contribution < 1.29 is 4.79 Å². The molecular formula is C15H21N5OS. The number of aromatic nitrogens is 3. The van der Waals surface area contributed by atoms with Gasteiger partial charge in [-0.15, -0.1) is 11.3 Å². The van der Waals surface area contributed by atoms with Crippen LogP contribution < -0.4 is 0 Å². The van der Waals surface area contributed by atoms with Crippen LogP contribution in [0.15, 0.2) is 12.4 Å². The second-order valence-electron chi connectivity index (χ2n) is 5.79. The summed E-state index contributed by atoms with van der Waals surface area (Å²) in [6, 6.07) is 0.132. The minimum atomic E-state index is 0.0930. The third-order valence-corrected chi connectivity index (χ3v) is 5.25. The summed E-state index contributed by atoms with van der Waals surface area (Å²) >= 11 is 1.48. The SMILES string of the molecule is Cc1nc(C)c(C(=O)N2CCN(C)C(c3nccn3C)C2)s1. The van der Waals surface area contributed by atoms with Gasteiger partial charge in [-0.25, -0.2) is 9.97 Å². The molecule has 118 valence electrons. The highest BCUT2D eigenvalue weighted by molar-refractivity contribution is 7.13. The summed E-state index contributed by atoms with van der Waals surface area (Å²) in [6.07, 6.45) is 3.75. The first kappa shape index (κ1) is 15.2. The number of rotatable bonds is 2. The van der Waals surface area contributed by atoms with E-state index in [1.807, 2.05) is 36.6 Å². The number of nitrogens with zero attached hydrogens (tertiary/aromatic N) is 5. The van der Waals surface area contributed by atoms with Crippen molar-refractivity contribution in [3.8, 4) is 0 Å². The lowest BCUT2D eigenvalue weighted by Crippen LogP contribution is -2.49. The first-order valence-electron chi connectivity index (χ1n) is 7.38. The molecule has 1 atom stereocenters. The number of likely N-dealkylation sites (N-methyl/N-ethyl adjacent to an activating group) is 1. The van der Waals surface area contributed by atoms with Crippen molar-refractivity contribution in [3.63, 3.8) is 0 Å². The van der Waals surface area contributed by atoms with E-state index in [-0.39, 0.29) is 11.9 Å². The Labute approximate surface area is 134 Å². The third kappa shape index (κ3) is 2.66. The van der Waals surface area contributed by atoms with Gasteiger partial charge < -0.3 is 9.47 Å². The van der Waals surface area contributed by atoms with Gasteiger partial charge in [0.2, 0.25) is 0 Å². The average Bonchev–Trinajstić information content (AvgIpc) is 3.04. The van der Waals surface area contributed by atoms with Gasteiger partial charge in [-0.1, -0.05) is 0 Å². The van der Waals surface area contributed by atoms with Crippen LogP contribution in [0.5, 0.6) is 0 Å². The van der Waals surface area contributed by atoms with Crippen LogP contribution in [0.1, 0.15) is 32.2 Å². The maximum absolute atomic E-state index is 12.8. The Hall–Kier alpha value is -1.73. The molecule has 2 aromatic rings. The zero-order valence-electron chi connectivity index (χ0n) is 13.4. The third-order valence-electron chi connectivity index (χ3n) is 4.19. The Morgan fingerprint density at radius 1 is 1.32 bits per heavy atom. The Morgan fingerprint density at radius 2 is 2.09 bits per heavy atom. The summed E-state index contributed by atoms with van der Waals surface area (Å²) in [6.45, 7) is 6.10. The van der Waals surface area contributed by atoms with Crippen molar-refractivity contribution in [2.75, 3.05) is 26.7 Å².